The molecular weight excluding hydrogens is 96.0 g/mol. The molecule has 3 heteroatoms. The molecule has 0 saturated carbocycles. The maximum Gasteiger partial charge on any atom is 0.337 e. The first-order chi connectivity index (χ1) is 3.18. The maximum atomic E-state index is 9.77. The SMILES string of the molecule is [CH2+]O[C@@H](C)C(=O)O. The van der Waals surface area contributed by atoms with E-state index in [0.717, 1.165) is 0 Å². The van der Waals surface area contributed by atoms with Gasteiger partial charge in [-0.25, -0.2) is 4.79 Å². The first-order valence-electron chi connectivity index (χ1n) is 1.82. The predicted octanol–water partition coefficient (Wildman–Crippen LogP) is 0.268. The number of carboxylic acids is 1. The number of ether oxygens (including phenoxy) is 1. The van der Waals surface area contributed by atoms with Gasteiger partial charge in [0.05, 0.1) is 0 Å². The summed E-state index contributed by atoms with van der Waals surface area (Å²) < 4.78 is 4.16. The first kappa shape index (κ1) is 6.30. The molecule has 0 fully saturated rings. The van der Waals surface area contributed by atoms with E-state index in [4.69, 9.17) is 5.11 Å². The lowest BCUT2D eigenvalue weighted by Crippen LogP contribution is -2.16. The summed E-state index contributed by atoms with van der Waals surface area (Å²) in [6, 6.07) is 0. The Labute approximate surface area is 41.9 Å². The largest absolute Gasteiger partial charge is 0.479 e. The van der Waals surface area contributed by atoms with Crippen LogP contribution in [0.2, 0.25) is 0 Å². The van der Waals surface area contributed by atoms with Crippen molar-refractivity contribution < 1.29 is 14.6 Å². The molecule has 0 radical (unpaired) electrons. The van der Waals surface area contributed by atoms with Gasteiger partial charge in [0.1, 0.15) is 0 Å². The number of aliphatic carboxylic acids is 1. The van der Waals surface area contributed by atoms with Crippen LogP contribution in [0, 0.1) is 7.11 Å². The second kappa shape index (κ2) is 2.47. The van der Waals surface area contributed by atoms with Crippen LogP contribution in [0.15, 0.2) is 0 Å². The highest BCUT2D eigenvalue weighted by Crippen LogP contribution is 1.85. The van der Waals surface area contributed by atoms with Gasteiger partial charge in [0.15, 0.2) is 0 Å². The Morgan fingerprint density at radius 1 is 2.00 bits per heavy atom. The molecule has 1 N–H and O–H groups in total. The van der Waals surface area contributed by atoms with E-state index in [2.05, 4.69) is 11.8 Å². The van der Waals surface area contributed by atoms with E-state index >= 15 is 0 Å². The average molecular weight is 103 g/mol. The summed E-state index contributed by atoms with van der Waals surface area (Å²) in [6.45, 7) is 1.41. The van der Waals surface area contributed by atoms with Crippen molar-refractivity contribution in [1.82, 2.24) is 0 Å². The van der Waals surface area contributed by atoms with Crippen LogP contribution in [0.1, 0.15) is 6.92 Å². The molecule has 0 rings (SSSR count). The predicted molar refractivity (Wildman–Crippen MR) is 23.5 cm³/mol. The lowest BCUT2D eigenvalue weighted by atomic mass is 10.4. The van der Waals surface area contributed by atoms with Crippen molar-refractivity contribution in [3.63, 3.8) is 0 Å². The minimum absolute atomic E-state index is 0.792. The molecule has 0 aliphatic carbocycles. The molecule has 3 nitrogen and oxygen atoms in total. The third kappa shape index (κ3) is 2.05. The normalized spacial score (nSPS) is 13.3. The molecule has 0 aromatic carbocycles. The van der Waals surface area contributed by atoms with Crippen LogP contribution in [-0.2, 0) is 9.53 Å². The van der Waals surface area contributed by atoms with Gasteiger partial charge < -0.3 is 5.11 Å². The summed E-state index contributed by atoms with van der Waals surface area (Å²) in [5, 5.41) is 8.02. The lowest BCUT2D eigenvalue weighted by Gasteiger charge is -1.91. The van der Waals surface area contributed by atoms with Crippen molar-refractivity contribution in [3.05, 3.63) is 7.11 Å². The van der Waals surface area contributed by atoms with Crippen LogP contribution in [0.5, 0.6) is 0 Å². The zero-order valence-electron chi connectivity index (χ0n) is 4.05. The molecule has 0 aromatic rings. The summed E-state index contributed by atoms with van der Waals surface area (Å²) in [5.74, 6) is -0.991. The molecule has 40 valence electrons. The number of carbonyl (C=O) groups is 1. The highest BCUT2D eigenvalue weighted by molar-refractivity contribution is 5.71. The Bertz CT molecular complexity index is 69.3. The summed E-state index contributed by atoms with van der Waals surface area (Å²) in [7, 11) is 2.93. The molecule has 0 aromatic heterocycles. The van der Waals surface area contributed by atoms with Crippen LogP contribution >= 0.6 is 0 Å². The Hall–Kier alpha value is -0.700. The van der Waals surface area contributed by atoms with E-state index in [0.29, 0.717) is 0 Å². The molecule has 0 unspecified atom stereocenters. The summed E-state index contributed by atoms with van der Waals surface area (Å²) in [4.78, 5) is 9.77. The van der Waals surface area contributed by atoms with Crippen molar-refractivity contribution in [2.24, 2.45) is 0 Å². The zero-order valence-corrected chi connectivity index (χ0v) is 4.05. The number of carboxylic acid groups (broad SMARTS) is 1. The Morgan fingerprint density at radius 3 is 2.43 bits per heavy atom. The van der Waals surface area contributed by atoms with Crippen molar-refractivity contribution in [3.8, 4) is 0 Å². The fourth-order valence-electron chi connectivity index (χ4n) is 0.0713. The van der Waals surface area contributed by atoms with E-state index < -0.39 is 12.1 Å². The van der Waals surface area contributed by atoms with Crippen molar-refractivity contribution in [1.29, 1.82) is 0 Å². The fraction of sp³-hybridized carbons (Fsp3) is 0.500. The van der Waals surface area contributed by atoms with E-state index in [1.54, 1.807) is 0 Å². The van der Waals surface area contributed by atoms with Crippen LogP contribution in [-0.4, -0.2) is 17.2 Å². The van der Waals surface area contributed by atoms with E-state index in [1.807, 2.05) is 0 Å². The topological polar surface area (TPSA) is 46.5 Å². The molecule has 0 bridgehead atoms. The van der Waals surface area contributed by atoms with Gasteiger partial charge in [-0.1, -0.05) is 0 Å². The molecular formula is C4H7O3+. The third-order valence-corrected chi connectivity index (χ3v) is 0.598. The molecule has 0 saturated heterocycles. The molecule has 0 aliphatic heterocycles. The Balaban J connectivity index is 3.34. The van der Waals surface area contributed by atoms with Crippen molar-refractivity contribution in [2.75, 3.05) is 0 Å². The third-order valence-electron chi connectivity index (χ3n) is 0.598. The minimum atomic E-state index is -0.991. The molecule has 7 heavy (non-hydrogen) atoms. The lowest BCUT2D eigenvalue weighted by molar-refractivity contribution is -0.146. The van der Waals surface area contributed by atoms with Gasteiger partial charge in [-0.15, -0.1) is 0 Å². The van der Waals surface area contributed by atoms with Crippen LogP contribution in [0.25, 0.3) is 0 Å². The molecule has 0 aliphatic rings. The summed E-state index contributed by atoms with van der Waals surface area (Å²) in [5.41, 5.74) is 0. The van der Waals surface area contributed by atoms with E-state index in [9.17, 15) is 4.79 Å². The number of rotatable bonds is 2. The molecule has 1 atom stereocenters. The van der Waals surface area contributed by atoms with Gasteiger partial charge >= 0.3 is 5.97 Å². The number of hydrogen-bond acceptors (Lipinski definition) is 2. The van der Waals surface area contributed by atoms with Gasteiger partial charge in [0, 0.05) is 0 Å². The molecule has 0 heterocycles. The van der Waals surface area contributed by atoms with Gasteiger partial charge in [0.2, 0.25) is 13.2 Å². The summed E-state index contributed by atoms with van der Waals surface area (Å²) in [6.07, 6.45) is -0.792. The smallest absolute Gasteiger partial charge is 0.337 e. The quantitative estimate of drug-likeness (QED) is 0.510. The second-order valence-corrected chi connectivity index (χ2v) is 1.15. The van der Waals surface area contributed by atoms with Gasteiger partial charge in [0.25, 0.3) is 0 Å². The monoisotopic (exact) mass is 103 g/mol. The Kier molecular flexibility index (Phi) is 2.22. The van der Waals surface area contributed by atoms with Crippen molar-refractivity contribution >= 4 is 5.97 Å². The minimum Gasteiger partial charge on any atom is -0.479 e. The zero-order chi connectivity index (χ0) is 5.86. The highest BCUT2D eigenvalue weighted by atomic mass is 16.5. The van der Waals surface area contributed by atoms with Gasteiger partial charge in [-0.3, -0.25) is 0 Å². The summed E-state index contributed by atoms with van der Waals surface area (Å²) >= 11 is 0. The average Bonchev–Trinajstić information content (AvgIpc) is 1.65. The maximum absolute atomic E-state index is 9.77. The first-order valence-corrected chi connectivity index (χ1v) is 1.82. The van der Waals surface area contributed by atoms with E-state index in [-0.39, 0.29) is 0 Å². The molecule has 0 amide bonds. The van der Waals surface area contributed by atoms with Crippen LogP contribution < -0.4 is 0 Å². The van der Waals surface area contributed by atoms with Crippen molar-refractivity contribution in [2.45, 2.75) is 13.0 Å². The van der Waals surface area contributed by atoms with E-state index in [1.165, 1.54) is 6.92 Å². The molecule has 0 spiro atoms. The Morgan fingerprint density at radius 2 is 2.43 bits per heavy atom. The second-order valence-electron chi connectivity index (χ2n) is 1.15. The standard InChI is InChI=1S/C4H6O3/c1-3(7-2)4(5)6/h3H,2H2,1H3/p+1/t3-/m0/s1. The van der Waals surface area contributed by atoms with Gasteiger partial charge in [-0.05, 0) is 6.92 Å². The van der Waals surface area contributed by atoms with Gasteiger partial charge in [-0.2, -0.15) is 4.74 Å². The fourth-order valence-corrected chi connectivity index (χ4v) is 0.0713. The number of hydrogen-bond donors (Lipinski definition) is 1. The van der Waals surface area contributed by atoms with Crippen LogP contribution in [0.3, 0.4) is 0 Å². The van der Waals surface area contributed by atoms with Crippen LogP contribution in [0.4, 0.5) is 0 Å². The highest BCUT2D eigenvalue weighted by Gasteiger charge is 2.10.